The van der Waals surface area contributed by atoms with Crippen molar-refractivity contribution in [3.8, 4) is 0 Å². The standard InChI is InChI=1S/C11H17IN2O4S/c1-3-6-19(17,18)7-5-14-10(15)9(12)8-13(4-2)11(14)16/h8H,3-7H2,1-2H3. The highest BCUT2D eigenvalue weighted by atomic mass is 127. The first-order chi connectivity index (χ1) is 8.82. The van der Waals surface area contributed by atoms with E-state index in [1.807, 2.05) is 22.6 Å². The Kier molecular flexibility index (Phi) is 5.78. The normalized spacial score (nSPS) is 11.7. The van der Waals surface area contributed by atoms with E-state index in [2.05, 4.69) is 0 Å². The summed E-state index contributed by atoms with van der Waals surface area (Å²) >= 11 is 1.85. The van der Waals surface area contributed by atoms with Crippen LogP contribution in [0, 0.1) is 3.57 Å². The van der Waals surface area contributed by atoms with Crippen molar-refractivity contribution >= 4 is 32.4 Å². The highest BCUT2D eigenvalue weighted by Crippen LogP contribution is 1.97. The van der Waals surface area contributed by atoms with Crippen molar-refractivity contribution in [2.75, 3.05) is 11.5 Å². The molecule has 19 heavy (non-hydrogen) atoms. The summed E-state index contributed by atoms with van der Waals surface area (Å²) in [6, 6.07) is 0. The van der Waals surface area contributed by atoms with Crippen molar-refractivity contribution in [3.05, 3.63) is 30.6 Å². The maximum atomic E-state index is 12.0. The average molecular weight is 400 g/mol. The SMILES string of the molecule is CCCS(=O)(=O)CCn1c(=O)c(I)cn(CC)c1=O. The Hall–Kier alpha value is -0.640. The fraction of sp³-hybridized carbons (Fsp3) is 0.636. The maximum Gasteiger partial charge on any atom is 0.331 e. The van der Waals surface area contributed by atoms with Crippen LogP contribution < -0.4 is 11.2 Å². The van der Waals surface area contributed by atoms with Gasteiger partial charge >= 0.3 is 5.69 Å². The number of aryl methyl sites for hydroxylation is 1. The second-order valence-corrected chi connectivity index (χ2v) is 7.62. The van der Waals surface area contributed by atoms with Crippen LogP contribution in [0.1, 0.15) is 20.3 Å². The van der Waals surface area contributed by atoms with Gasteiger partial charge in [0.05, 0.1) is 9.32 Å². The van der Waals surface area contributed by atoms with E-state index in [-0.39, 0.29) is 18.1 Å². The summed E-state index contributed by atoms with van der Waals surface area (Å²) < 4.78 is 26.1. The minimum atomic E-state index is -3.21. The number of sulfone groups is 1. The predicted molar refractivity (Wildman–Crippen MR) is 82.3 cm³/mol. The van der Waals surface area contributed by atoms with Crippen LogP contribution in [0.3, 0.4) is 0 Å². The van der Waals surface area contributed by atoms with Gasteiger partial charge in [0.1, 0.15) is 0 Å². The molecule has 0 atom stereocenters. The van der Waals surface area contributed by atoms with Crippen molar-refractivity contribution in [2.24, 2.45) is 0 Å². The number of aromatic nitrogens is 2. The van der Waals surface area contributed by atoms with Crippen molar-refractivity contribution in [1.29, 1.82) is 0 Å². The first-order valence-corrected chi connectivity index (χ1v) is 8.92. The molecule has 1 aromatic rings. The monoisotopic (exact) mass is 400 g/mol. The summed E-state index contributed by atoms with van der Waals surface area (Å²) in [4.78, 5) is 23.9. The molecule has 0 amide bonds. The summed E-state index contributed by atoms with van der Waals surface area (Å²) in [5.74, 6) is -0.104. The van der Waals surface area contributed by atoms with E-state index in [4.69, 9.17) is 0 Å². The first kappa shape index (κ1) is 16.4. The largest absolute Gasteiger partial charge is 0.331 e. The van der Waals surface area contributed by atoms with Gasteiger partial charge in [0, 0.05) is 25.0 Å². The summed E-state index contributed by atoms with van der Waals surface area (Å²) in [6.45, 7) is 3.92. The average Bonchev–Trinajstić information content (AvgIpc) is 2.33. The van der Waals surface area contributed by atoms with Crippen LogP contribution in [0.4, 0.5) is 0 Å². The minimum absolute atomic E-state index is 0.0770. The molecule has 0 saturated heterocycles. The molecule has 108 valence electrons. The fourth-order valence-corrected chi connectivity index (χ4v) is 3.60. The zero-order valence-electron chi connectivity index (χ0n) is 10.9. The minimum Gasteiger partial charge on any atom is -0.300 e. The molecular formula is C11H17IN2O4S. The highest BCUT2D eigenvalue weighted by Gasteiger charge is 2.14. The molecule has 0 aliphatic heterocycles. The lowest BCUT2D eigenvalue weighted by Crippen LogP contribution is -2.42. The van der Waals surface area contributed by atoms with Crippen LogP contribution in [0.15, 0.2) is 15.8 Å². The molecule has 6 nitrogen and oxygen atoms in total. The smallest absolute Gasteiger partial charge is 0.300 e. The molecule has 8 heteroatoms. The summed E-state index contributed by atoms with van der Waals surface area (Å²) in [7, 11) is -3.21. The maximum absolute atomic E-state index is 12.0. The van der Waals surface area contributed by atoms with Crippen molar-refractivity contribution in [1.82, 2.24) is 9.13 Å². The van der Waals surface area contributed by atoms with Gasteiger partial charge in [-0.3, -0.25) is 13.9 Å². The Balaban J connectivity index is 3.12. The van der Waals surface area contributed by atoms with Gasteiger partial charge in [-0.1, -0.05) is 6.92 Å². The van der Waals surface area contributed by atoms with E-state index >= 15 is 0 Å². The lowest BCUT2D eigenvalue weighted by Gasteiger charge is -2.09. The molecule has 0 N–H and O–H groups in total. The Morgan fingerprint density at radius 1 is 1.21 bits per heavy atom. The van der Waals surface area contributed by atoms with E-state index in [9.17, 15) is 18.0 Å². The summed E-state index contributed by atoms with van der Waals surface area (Å²) in [6.07, 6.45) is 2.02. The molecular weight excluding hydrogens is 383 g/mol. The number of rotatable bonds is 6. The van der Waals surface area contributed by atoms with Gasteiger partial charge in [0.15, 0.2) is 9.84 Å². The van der Waals surface area contributed by atoms with Crippen LogP contribution in [-0.4, -0.2) is 29.1 Å². The quantitative estimate of drug-likeness (QED) is 0.651. The fourth-order valence-electron chi connectivity index (χ4n) is 1.69. The van der Waals surface area contributed by atoms with E-state index < -0.39 is 21.1 Å². The molecule has 0 bridgehead atoms. The Morgan fingerprint density at radius 3 is 2.37 bits per heavy atom. The number of halogens is 1. The third-order valence-electron chi connectivity index (χ3n) is 2.68. The van der Waals surface area contributed by atoms with Crippen LogP contribution in [0.5, 0.6) is 0 Å². The van der Waals surface area contributed by atoms with Gasteiger partial charge in [-0.05, 0) is 35.9 Å². The van der Waals surface area contributed by atoms with Crippen LogP contribution in [0.25, 0.3) is 0 Å². The molecule has 0 spiro atoms. The highest BCUT2D eigenvalue weighted by molar-refractivity contribution is 14.1. The van der Waals surface area contributed by atoms with Crippen LogP contribution in [-0.2, 0) is 22.9 Å². The number of nitrogens with zero attached hydrogens (tertiary/aromatic N) is 2. The van der Waals surface area contributed by atoms with Gasteiger partial charge in [-0.15, -0.1) is 0 Å². The molecule has 0 unspecified atom stereocenters. The molecule has 0 aliphatic rings. The molecule has 0 radical (unpaired) electrons. The zero-order valence-corrected chi connectivity index (χ0v) is 13.9. The molecule has 1 aromatic heterocycles. The Bertz CT molecular complexity index is 660. The molecule has 0 aliphatic carbocycles. The van der Waals surface area contributed by atoms with Crippen molar-refractivity contribution in [3.63, 3.8) is 0 Å². The number of hydrogen-bond donors (Lipinski definition) is 0. The third-order valence-corrected chi connectivity index (χ3v) is 5.25. The summed E-state index contributed by atoms with van der Waals surface area (Å²) in [5, 5.41) is 0. The lowest BCUT2D eigenvalue weighted by atomic mass is 10.5. The predicted octanol–water partition coefficient (Wildman–Crippen LogP) is 0.459. The van der Waals surface area contributed by atoms with Gasteiger partial charge in [-0.2, -0.15) is 0 Å². The van der Waals surface area contributed by atoms with Gasteiger partial charge in [0.2, 0.25) is 0 Å². The first-order valence-electron chi connectivity index (χ1n) is 6.02. The van der Waals surface area contributed by atoms with Gasteiger partial charge in [0.25, 0.3) is 5.56 Å². The molecule has 0 aromatic carbocycles. The summed E-state index contributed by atoms with van der Waals surface area (Å²) in [5.41, 5.74) is -0.887. The molecule has 1 rings (SSSR count). The Labute approximate surface area is 125 Å². The van der Waals surface area contributed by atoms with E-state index in [1.54, 1.807) is 13.8 Å². The van der Waals surface area contributed by atoms with Crippen LogP contribution >= 0.6 is 22.6 Å². The van der Waals surface area contributed by atoms with Crippen molar-refractivity contribution in [2.45, 2.75) is 33.4 Å². The lowest BCUT2D eigenvalue weighted by molar-refractivity contribution is 0.562. The second-order valence-electron chi connectivity index (χ2n) is 4.15. The molecule has 0 fully saturated rings. The van der Waals surface area contributed by atoms with Crippen molar-refractivity contribution < 1.29 is 8.42 Å². The van der Waals surface area contributed by atoms with Gasteiger partial charge in [-0.25, -0.2) is 13.2 Å². The topological polar surface area (TPSA) is 78.1 Å². The van der Waals surface area contributed by atoms with Crippen LogP contribution in [0.2, 0.25) is 0 Å². The van der Waals surface area contributed by atoms with E-state index in [0.29, 0.717) is 16.5 Å². The van der Waals surface area contributed by atoms with E-state index in [0.717, 1.165) is 4.57 Å². The zero-order chi connectivity index (χ0) is 14.6. The Morgan fingerprint density at radius 2 is 1.84 bits per heavy atom. The molecule has 1 heterocycles. The third kappa shape index (κ3) is 4.16. The molecule has 0 saturated carbocycles. The van der Waals surface area contributed by atoms with E-state index in [1.165, 1.54) is 10.8 Å². The van der Waals surface area contributed by atoms with Gasteiger partial charge < -0.3 is 0 Å². The number of hydrogen-bond acceptors (Lipinski definition) is 4. The second kappa shape index (κ2) is 6.69.